The Balaban J connectivity index is 1.23. The average Bonchev–Trinajstić information content (AvgIpc) is 3.21. The van der Waals surface area contributed by atoms with Crippen LogP contribution in [-0.2, 0) is 48.2 Å². The SMILES string of the molecule is CCCCCCCCCCCCCCCCOC[C@H](C/C=C1/C[C@@H](OCc2ccccc2)[C@H](OCc2ccccc2)[C@@H](COCc2ccccc2)O1)OC. The molecule has 3 aromatic carbocycles. The van der Waals surface area contributed by atoms with Gasteiger partial charge in [-0.1, -0.05) is 181 Å². The Morgan fingerprint density at radius 2 is 1.11 bits per heavy atom. The van der Waals surface area contributed by atoms with E-state index in [9.17, 15) is 0 Å². The summed E-state index contributed by atoms with van der Waals surface area (Å²) >= 11 is 0. The molecule has 0 radical (unpaired) electrons. The lowest BCUT2D eigenvalue weighted by Crippen LogP contribution is -2.48. The van der Waals surface area contributed by atoms with E-state index in [0.717, 1.165) is 35.5 Å². The highest BCUT2D eigenvalue weighted by Crippen LogP contribution is 2.30. The number of rotatable bonds is 30. The van der Waals surface area contributed by atoms with Crippen molar-refractivity contribution in [2.24, 2.45) is 0 Å². The molecule has 0 bridgehead atoms. The van der Waals surface area contributed by atoms with E-state index in [-0.39, 0.29) is 24.4 Å². The van der Waals surface area contributed by atoms with Crippen LogP contribution >= 0.6 is 0 Å². The van der Waals surface area contributed by atoms with E-state index in [1.165, 1.54) is 83.5 Å². The highest BCUT2D eigenvalue weighted by atomic mass is 16.6. The predicted molar refractivity (Wildman–Crippen MR) is 220 cm³/mol. The maximum absolute atomic E-state index is 6.67. The Kier molecular flexibility index (Phi) is 23.0. The molecule has 0 aliphatic carbocycles. The highest BCUT2D eigenvalue weighted by molar-refractivity contribution is 5.16. The zero-order valence-corrected chi connectivity index (χ0v) is 33.6. The third-order valence-electron chi connectivity index (χ3n) is 10.3. The number of hydrogen-bond acceptors (Lipinski definition) is 6. The van der Waals surface area contributed by atoms with E-state index in [1.807, 2.05) is 54.6 Å². The first-order valence-electron chi connectivity index (χ1n) is 21.1. The fraction of sp³-hybridized carbons (Fsp3) is 0.583. The van der Waals surface area contributed by atoms with Crippen LogP contribution in [0.25, 0.3) is 0 Å². The Morgan fingerprint density at radius 3 is 1.65 bits per heavy atom. The summed E-state index contributed by atoms with van der Waals surface area (Å²) in [7, 11) is 1.76. The number of unbranched alkanes of at least 4 members (excludes halogenated alkanes) is 13. The van der Waals surface area contributed by atoms with Crippen molar-refractivity contribution in [1.82, 2.24) is 0 Å². The Labute approximate surface area is 327 Å². The predicted octanol–water partition coefficient (Wildman–Crippen LogP) is 11.9. The molecule has 0 N–H and O–H groups in total. The van der Waals surface area contributed by atoms with Crippen molar-refractivity contribution in [1.29, 1.82) is 0 Å². The topological polar surface area (TPSA) is 55.4 Å². The van der Waals surface area contributed by atoms with Gasteiger partial charge in [0, 0.05) is 20.1 Å². The van der Waals surface area contributed by atoms with E-state index < -0.39 is 0 Å². The first-order valence-corrected chi connectivity index (χ1v) is 21.1. The van der Waals surface area contributed by atoms with Crippen LogP contribution in [0.2, 0.25) is 0 Å². The third kappa shape index (κ3) is 18.6. The van der Waals surface area contributed by atoms with Gasteiger partial charge in [-0.05, 0) is 35.6 Å². The minimum Gasteiger partial charge on any atom is -0.490 e. The standard InChI is InChI=1S/C48H70O6/c1-3-4-5-6-7-8-9-10-11-12-13-14-15-25-34-50-39-45(49-2)33-32-44-35-46(52-37-42-28-21-17-22-29-42)48(53-38-43-30-23-18-24-31-43)47(54-44)40-51-36-41-26-19-16-20-27-41/h16-24,26-32,45-48H,3-15,25,33-40H2,1-2H3/b44-32-/t45-,46+,47+,48-/m0/s1. The van der Waals surface area contributed by atoms with Gasteiger partial charge < -0.3 is 28.4 Å². The van der Waals surface area contributed by atoms with Gasteiger partial charge in [-0.25, -0.2) is 0 Å². The molecule has 0 unspecified atom stereocenters. The first kappa shape index (κ1) is 43.7. The molecular weight excluding hydrogens is 673 g/mol. The van der Waals surface area contributed by atoms with Crippen LogP contribution in [0.3, 0.4) is 0 Å². The number of ether oxygens (including phenoxy) is 6. The van der Waals surface area contributed by atoms with Crippen molar-refractivity contribution in [3.8, 4) is 0 Å². The first-order chi connectivity index (χ1) is 26.7. The second kappa shape index (κ2) is 28.4. The van der Waals surface area contributed by atoms with Crippen molar-refractivity contribution in [2.75, 3.05) is 26.9 Å². The van der Waals surface area contributed by atoms with Crippen LogP contribution in [0.4, 0.5) is 0 Å². The number of methoxy groups -OCH3 is 1. The summed E-state index contributed by atoms with van der Waals surface area (Å²) in [5.41, 5.74) is 3.37. The van der Waals surface area contributed by atoms with E-state index in [4.69, 9.17) is 28.4 Å². The molecule has 54 heavy (non-hydrogen) atoms. The molecule has 4 atom stereocenters. The second-order valence-electron chi connectivity index (χ2n) is 14.9. The normalized spacial score (nSPS) is 18.5. The molecular formula is C48H70O6. The molecule has 1 fully saturated rings. The van der Waals surface area contributed by atoms with Gasteiger partial charge in [0.25, 0.3) is 0 Å². The zero-order valence-electron chi connectivity index (χ0n) is 33.6. The summed E-state index contributed by atoms with van der Waals surface area (Å²) in [6, 6.07) is 30.8. The van der Waals surface area contributed by atoms with Crippen LogP contribution in [0, 0.1) is 0 Å². The molecule has 1 aliphatic heterocycles. The van der Waals surface area contributed by atoms with Gasteiger partial charge in [-0.3, -0.25) is 0 Å². The quantitative estimate of drug-likeness (QED) is 0.0634. The highest BCUT2D eigenvalue weighted by Gasteiger charge is 2.39. The number of benzene rings is 3. The fourth-order valence-corrected chi connectivity index (χ4v) is 7.01. The molecule has 3 aromatic rings. The average molecular weight is 743 g/mol. The molecule has 6 heteroatoms. The summed E-state index contributed by atoms with van der Waals surface area (Å²) in [6.45, 7) is 5.48. The van der Waals surface area contributed by atoms with Crippen LogP contribution in [-0.4, -0.2) is 51.3 Å². The summed E-state index contributed by atoms with van der Waals surface area (Å²) in [4.78, 5) is 0. The monoisotopic (exact) mass is 743 g/mol. The summed E-state index contributed by atoms with van der Waals surface area (Å²) in [6.07, 6.45) is 21.6. The maximum Gasteiger partial charge on any atom is 0.150 e. The van der Waals surface area contributed by atoms with E-state index in [0.29, 0.717) is 45.9 Å². The lowest BCUT2D eigenvalue weighted by Gasteiger charge is -2.39. The van der Waals surface area contributed by atoms with Crippen LogP contribution in [0.5, 0.6) is 0 Å². The lowest BCUT2D eigenvalue weighted by atomic mass is 9.99. The van der Waals surface area contributed by atoms with Gasteiger partial charge in [-0.2, -0.15) is 0 Å². The van der Waals surface area contributed by atoms with Crippen molar-refractivity contribution < 1.29 is 28.4 Å². The van der Waals surface area contributed by atoms with Gasteiger partial charge in [0.15, 0.2) is 6.10 Å². The van der Waals surface area contributed by atoms with Gasteiger partial charge >= 0.3 is 0 Å². The smallest absolute Gasteiger partial charge is 0.150 e. The second-order valence-corrected chi connectivity index (χ2v) is 14.9. The molecule has 298 valence electrons. The summed E-state index contributed by atoms with van der Waals surface area (Å²) in [5.74, 6) is 0.884. The van der Waals surface area contributed by atoms with Gasteiger partial charge in [0.1, 0.15) is 6.10 Å². The minimum atomic E-state index is -0.337. The van der Waals surface area contributed by atoms with Crippen LogP contribution in [0.1, 0.15) is 126 Å². The summed E-state index contributed by atoms with van der Waals surface area (Å²) in [5, 5.41) is 0. The number of hydrogen-bond donors (Lipinski definition) is 0. The van der Waals surface area contributed by atoms with E-state index in [1.54, 1.807) is 7.11 Å². The summed E-state index contributed by atoms with van der Waals surface area (Å²) < 4.78 is 38.1. The van der Waals surface area contributed by atoms with Crippen molar-refractivity contribution >= 4 is 0 Å². The minimum absolute atomic E-state index is 0.0451. The van der Waals surface area contributed by atoms with E-state index >= 15 is 0 Å². The fourth-order valence-electron chi connectivity index (χ4n) is 7.01. The van der Waals surface area contributed by atoms with E-state index in [2.05, 4.69) is 49.4 Å². The van der Waals surface area contributed by atoms with Gasteiger partial charge in [0.2, 0.25) is 0 Å². The molecule has 4 rings (SSSR count). The Morgan fingerprint density at radius 1 is 0.611 bits per heavy atom. The molecule has 0 aromatic heterocycles. The molecule has 1 heterocycles. The largest absolute Gasteiger partial charge is 0.490 e. The molecule has 0 amide bonds. The molecule has 6 nitrogen and oxygen atoms in total. The van der Waals surface area contributed by atoms with Crippen LogP contribution in [0.15, 0.2) is 103 Å². The molecule has 0 saturated carbocycles. The third-order valence-corrected chi connectivity index (χ3v) is 10.3. The Hall–Kier alpha value is -3.00. The molecule has 1 aliphatic rings. The van der Waals surface area contributed by atoms with Crippen molar-refractivity contribution in [3.05, 3.63) is 120 Å². The van der Waals surface area contributed by atoms with Crippen LogP contribution < -0.4 is 0 Å². The lowest BCUT2D eigenvalue weighted by molar-refractivity contribution is -0.178. The Bertz CT molecular complexity index is 1330. The van der Waals surface area contributed by atoms with Crippen molar-refractivity contribution in [3.63, 3.8) is 0 Å². The zero-order chi connectivity index (χ0) is 37.7. The van der Waals surface area contributed by atoms with Gasteiger partial charge in [0.05, 0.1) is 51.0 Å². The molecule has 1 saturated heterocycles. The molecule has 0 spiro atoms. The van der Waals surface area contributed by atoms with Crippen molar-refractivity contribution in [2.45, 2.75) is 154 Å². The maximum atomic E-state index is 6.67. The van der Waals surface area contributed by atoms with Gasteiger partial charge in [-0.15, -0.1) is 0 Å².